The summed E-state index contributed by atoms with van der Waals surface area (Å²) in [5, 5.41) is 8.95. The number of halogens is 2. The highest BCUT2D eigenvalue weighted by atomic mass is 35.5. The van der Waals surface area contributed by atoms with Gasteiger partial charge in [-0.1, -0.05) is 11.6 Å². The van der Waals surface area contributed by atoms with Crippen LogP contribution >= 0.6 is 11.6 Å². The zero-order valence-electron chi connectivity index (χ0n) is 10.5. The smallest absolute Gasteiger partial charge is 0.242 e. The molecule has 0 saturated heterocycles. The molecule has 1 aromatic rings. The maximum atomic E-state index is 13.1. The number of aliphatic hydroxyl groups is 1. The van der Waals surface area contributed by atoms with Crippen LogP contribution in [0, 0.1) is 5.82 Å². The van der Waals surface area contributed by atoms with Gasteiger partial charge in [0, 0.05) is 6.04 Å². The van der Waals surface area contributed by atoms with Crippen LogP contribution in [-0.2, 0) is 10.0 Å². The molecule has 8 heteroatoms. The van der Waals surface area contributed by atoms with Crippen LogP contribution in [0.15, 0.2) is 17.0 Å². The SMILES string of the molecule is CC(O)CC(C)NS(=O)(=O)c1cc(N)c(F)cc1Cl. The predicted octanol–water partition coefficient (Wildman–Crippen LogP) is 1.50. The van der Waals surface area contributed by atoms with E-state index in [0.29, 0.717) is 0 Å². The molecule has 0 heterocycles. The van der Waals surface area contributed by atoms with Crippen molar-refractivity contribution in [3.8, 4) is 0 Å². The average molecular weight is 311 g/mol. The number of nitrogens with one attached hydrogen (secondary N) is 1. The molecular weight excluding hydrogens is 295 g/mol. The minimum Gasteiger partial charge on any atom is -0.396 e. The summed E-state index contributed by atoms with van der Waals surface area (Å²) in [6, 6.07) is 1.33. The van der Waals surface area contributed by atoms with Crippen molar-refractivity contribution < 1.29 is 17.9 Å². The molecule has 0 radical (unpaired) electrons. The minimum atomic E-state index is -3.91. The van der Waals surface area contributed by atoms with Gasteiger partial charge in [-0.05, 0) is 32.4 Å². The highest BCUT2D eigenvalue weighted by Crippen LogP contribution is 2.26. The molecule has 0 aliphatic heterocycles. The first kappa shape index (κ1) is 16.2. The zero-order chi connectivity index (χ0) is 14.8. The van der Waals surface area contributed by atoms with E-state index in [4.69, 9.17) is 17.3 Å². The van der Waals surface area contributed by atoms with Gasteiger partial charge in [0.05, 0.1) is 16.8 Å². The Morgan fingerprint density at radius 2 is 2.05 bits per heavy atom. The number of aliphatic hydroxyl groups excluding tert-OH is 1. The topological polar surface area (TPSA) is 92.4 Å². The van der Waals surface area contributed by atoms with Crippen molar-refractivity contribution in [2.75, 3.05) is 5.73 Å². The van der Waals surface area contributed by atoms with Crippen LogP contribution in [-0.4, -0.2) is 25.7 Å². The number of hydrogen-bond donors (Lipinski definition) is 3. The van der Waals surface area contributed by atoms with Crippen LogP contribution in [0.25, 0.3) is 0 Å². The Morgan fingerprint density at radius 3 is 2.58 bits per heavy atom. The van der Waals surface area contributed by atoms with Gasteiger partial charge in [-0.3, -0.25) is 0 Å². The normalized spacial score (nSPS) is 15.2. The Morgan fingerprint density at radius 1 is 1.47 bits per heavy atom. The molecule has 0 amide bonds. The summed E-state index contributed by atoms with van der Waals surface area (Å²) in [7, 11) is -3.91. The second kappa shape index (κ2) is 6.04. The molecule has 0 fully saturated rings. The third kappa shape index (κ3) is 4.31. The number of nitrogens with two attached hydrogens (primary N) is 1. The lowest BCUT2D eigenvalue weighted by Gasteiger charge is -2.16. The standard InChI is InChI=1S/C11H16ClFN2O3S/c1-6(3-7(2)16)15-19(17,18)11-5-10(14)9(13)4-8(11)12/h4-7,15-16H,3,14H2,1-2H3. The first-order chi connectivity index (χ1) is 8.63. The van der Waals surface area contributed by atoms with Crippen molar-refractivity contribution in [1.82, 2.24) is 4.72 Å². The molecule has 2 atom stereocenters. The fourth-order valence-corrected chi connectivity index (χ4v) is 3.44. The molecule has 108 valence electrons. The summed E-state index contributed by atoms with van der Waals surface area (Å²) < 4.78 is 39.6. The molecule has 0 aromatic heterocycles. The van der Waals surface area contributed by atoms with Gasteiger partial charge >= 0.3 is 0 Å². The molecular formula is C11H16ClFN2O3S. The van der Waals surface area contributed by atoms with E-state index in [-0.39, 0.29) is 22.0 Å². The number of benzene rings is 1. The van der Waals surface area contributed by atoms with Crippen molar-refractivity contribution in [2.24, 2.45) is 0 Å². The van der Waals surface area contributed by atoms with E-state index in [1.54, 1.807) is 13.8 Å². The predicted molar refractivity (Wildman–Crippen MR) is 71.9 cm³/mol. The molecule has 4 N–H and O–H groups in total. The maximum absolute atomic E-state index is 13.1. The van der Waals surface area contributed by atoms with Crippen LogP contribution in [0.1, 0.15) is 20.3 Å². The van der Waals surface area contributed by atoms with E-state index in [1.165, 1.54) is 0 Å². The fraction of sp³-hybridized carbons (Fsp3) is 0.455. The number of rotatable bonds is 5. The second-order valence-electron chi connectivity index (χ2n) is 4.41. The van der Waals surface area contributed by atoms with Gasteiger partial charge in [-0.15, -0.1) is 0 Å². The molecule has 5 nitrogen and oxygen atoms in total. The van der Waals surface area contributed by atoms with E-state index in [0.717, 1.165) is 12.1 Å². The molecule has 2 unspecified atom stereocenters. The third-order valence-corrected chi connectivity index (χ3v) is 4.45. The summed E-state index contributed by atoms with van der Waals surface area (Å²) in [6.45, 7) is 3.15. The van der Waals surface area contributed by atoms with Crippen molar-refractivity contribution in [3.05, 3.63) is 23.0 Å². The molecule has 0 aliphatic carbocycles. The fourth-order valence-electron chi connectivity index (χ4n) is 1.64. The van der Waals surface area contributed by atoms with Crippen molar-refractivity contribution in [3.63, 3.8) is 0 Å². The van der Waals surface area contributed by atoms with Crippen molar-refractivity contribution >= 4 is 27.3 Å². The lowest BCUT2D eigenvalue weighted by Crippen LogP contribution is -2.34. The number of anilines is 1. The first-order valence-electron chi connectivity index (χ1n) is 5.58. The summed E-state index contributed by atoms with van der Waals surface area (Å²) in [6.07, 6.45) is -0.403. The van der Waals surface area contributed by atoms with Crippen molar-refractivity contribution in [1.29, 1.82) is 0 Å². The van der Waals surface area contributed by atoms with Crippen LogP contribution in [0.5, 0.6) is 0 Å². The highest BCUT2D eigenvalue weighted by molar-refractivity contribution is 7.89. The Labute approximate surface area is 116 Å². The Hall–Kier alpha value is -0.890. The summed E-state index contributed by atoms with van der Waals surface area (Å²) in [5.74, 6) is -0.777. The summed E-state index contributed by atoms with van der Waals surface area (Å²) in [5.41, 5.74) is 5.03. The number of sulfonamides is 1. The highest BCUT2D eigenvalue weighted by Gasteiger charge is 2.22. The average Bonchev–Trinajstić information content (AvgIpc) is 2.20. The Bertz CT molecular complexity index is 563. The molecule has 19 heavy (non-hydrogen) atoms. The molecule has 0 aliphatic rings. The minimum absolute atomic E-state index is 0.244. The lowest BCUT2D eigenvalue weighted by molar-refractivity contribution is 0.175. The number of nitrogen functional groups attached to an aromatic ring is 1. The molecule has 1 rings (SSSR count). The molecule has 1 aromatic carbocycles. The van der Waals surface area contributed by atoms with Gasteiger partial charge in [0.2, 0.25) is 10.0 Å². The quantitative estimate of drug-likeness (QED) is 0.719. The van der Waals surface area contributed by atoms with Gasteiger partial charge in [0.25, 0.3) is 0 Å². The van der Waals surface area contributed by atoms with Gasteiger partial charge in [0.15, 0.2) is 0 Å². The van der Waals surface area contributed by atoms with E-state index in [1.807, 2.05) is 0 Å². The van der Waals surface area contributed by atoms with Gasteiger partial charge < -0.3 is 10.8 Å². The van der Waals surface area contributed by atoms with E-state index in [9.17, 15) is 17.9 Å². The monoisotopic (exact) mass is 310 g/mol. The molecule has 0 spiro atoms. The van der Waals surface area contributed by atoms with Crippen LogP contribution in [0.4, 0.5) is 10.1 Å². The van der Waals surface area contributed by atoms with Gasteiger partial charge in [0.1, 0.15) is 10.7 Å². The third-order valence-electron chi connectivity index (χ3n) is 2.39. The van der Waals surface area contributed by atoms with Crippen molar-refractivity contribution in [2.45, 2.75) is 37.3 Å². The maximum Gasteiger partial charge on any atom is 0.242 e. The Kier molecular flexibility index (Phi) is 5.14. The molecule has 0 bridgehead atoms. The largest absolute Gasteiger partial charge is 0.396 e. The Balaban J connectivity index is 3.04. The zero-order valence-corrected chi connectivity index (χ0v) is 12.1. The number of hydrogen-bond acceptors (Lipinski definition) is 4. The summed E-state index contributed by atoms with van der Waals surface area (Å²) in [4.78, 5) is -0.287. The van der Waals surface area contributed by atoms with E-state index < -0.39 is 28.0 Å². The van der Waals surface area contributed by atoms with E-state index in [2.05, 4.69) is 4.72 Å². The lowest BCUT2D eigenvalue weighted by atomic mass is 10.2. The second-order valence-corrected chi connectivity index (χ2v) is 6.50. The van der Waals surface area contributed by atoms with Crippen LogP contribution in [0.2, 0.25) is 5.02 Å². The van der Waals surface area contributed by atoms with Gasteiger partial charge in [-0.25, -0.2) is 17.5 Å². The summed E-state index contributed by atoms with van der Waals surface area (Å²) >= 11 is 5.71. The molecule has 0 saturated carbocycles. The van der Waals surface area contributed by atoms with E-state index >= 15 is 0 Å². The van der Waals surface area contributed by atoms with Gasteiger partial charge in [-0.2, -0.15) is 0 Å². The van der Waals surface area contributed by atoms with Crippen LogP contribution < -0.4 is 10.5 Å². The van der Waals surface area contributed by atoms with Crippen LogP contribution in [0.3, 0.4) is 0 Å². The first-order valence-corrected chi connectivity index (χ1v) is 7.44.